The molecule has 31 heavy (non-hydrogen) atoms. The molecule has 10 heteroatoms. The number of amides is 1. The summed E-state index contributed by atoms with van der Waals surface area (Å²) in [5, 5.41) is 0. The third-order valence-electron chi connectivity index (χ3n) is 5.29. The lowest BCUT2D eigenvalue weighted by molar-refractivity contribution is -0.118. The predicted octanol–water partition coefficient (Wildman–Crippen LogP) is 0.829. The zero-order valence-electron chi connectivity index (χ0n) is 18.0. The summed E-state index contributed by atoms with van der Waals surface area (Å²) < 4.78 is 29.4. The molecule has 0 unspecified atom stereocenters. The molecule has 2 aromatic carbocycles. The summed E-state index contributed by atoms with van der Waals surface area (Å²) in [6.45, 7) is 1.54. The van der Waals surface area contributed by atoms with Gasteiger partial charge in [-0.15, -0.1) is 0 Å². The van der Waals surface area contributed by atoms with Gasteiger partial charge >= 0.3 is 11.1 Å². The van der Waals surface area contributed by atoms with Crippen LogP contribution >= 0.6 is 0 Å². The van der Waals surface area contributed by atoms with Crippen molar-refractivity contribution < 1.29 is 13.2 Å². The van der Waals surface area contributed by atoms with Gasteiger partial charge in [-0.25, -0.2) is 8.42 Å². The van der Waals surface area contributed by atoms with E-state index in [2.05, 4.69) is 0 Å². The average Bonchev–Trinajstić information content (AvgIpc) is 2.75. The van der Waals surface area contributed by atoms with E-state index in [4.69, 9.17) is 0 Å². The summed E-state index contributed by atoms with van der Waals surface area (Å²) >= 11 is 0. The molecule has 0 aliphatic heterocycles. The second kappa shape index (κ2) is 8.12. The van der Waals surface area contributed by atoms with Gasteiger partial charge in [0.2, 0.25) is 15.9 Å². The van der Waals surface area contributed by atoms with E-state index in [1.807, 2.05) is 25.1 Å². The van der Waals surface area contributed by atoms with Crippen molar-refractivity contribution in [3.63, 3.8) is 0 Å². The Kier molecular flexibility index (Phi) is 5.88. The molecule has 0 aliphatic rings. The van der Waals surface area contributed by atoms with Gasteiger partial charge in [-0.05, 0) is 42.8 Å². The molecule has 1 heterocycles. The van der Waals surface area contributed by atoms with Gasteiger partial charge in [0.15, 0.2) is 0 Å². The number of rotatable bonds is 5. The van der Waals surface area contributed by atoms with Crippen LogP contribution in [0.1, 0.15) is 5.56 Å². The normalized spacial score (nSPS) is 11.8. The highest BCUT2D eigenvalue weighted by Gasteiger charge is 2.25. The van der Waals surface area contributed by atoms with Gasteiger partial charge in [-0.3, -0.25) is 14.4 Å². The monoisotopic (exact) mass is 444 g/mol. The number of fused-ring (bicyclic) bond motifs is 1. The summed E-state index contributed by atoms with van der Waals surface area (Å²) in [5.41, 5.74) is 0.904. The fourth-order valence-corrected chi connectivity index (χ4v) is 4.40. The van der Waals surface area contributed by atoms with Crippen molar-refractivity contribution in [2.45, 2.75) is 11.8 Å². The first-order chi connectivity index (χ1) is 14.4. The van der Waals surface area contributed by atoms with Crippen LogP contribution < -0.4 is 16.0 Å². The molecule has 0 spiro atoms. The molecule has 0 atom stereocenters. The van der Waals surface area contributed by atoms with Crippen molar-refractivity contribution in [3.8, 4) is 0 Å². The SMILES string of the molecule is Cc1cccc(N(C)C(=O)CN(C)S(=O)(=O)c2ccc3c(c2)n(C)c(=O)c(=O)n3C)c1. The van der Waals surface area contributed by atoms with E-state index < -0.39 is 27.0 Å². The van der Waals surface area contributed by atoms with Crippen LogP contribution in [0.5, 0.6) is 0 Å². The maximum absolute atomic E-state index is 13.1. The number of hydrogen-bond donors (Lipinski definition) is 0. The zero-order valence-corrected chi connectivity index (χ0v) is 18.8. The minimum absolute atomic E-state index is 0.0813. The summed E-state index contributed by atoms with van der Waals surface area (Å²) in [7, 11) is 1.75. The highest BCUT2D eigenvalue weighted by atomic mass is 32.2. The number of sulfonamides is 1. The van der Waals surface area contributed by atoms with Crippen molar-refractivity contribution in [2.75, 3.05) is 25.5 Å². The van der Waals surface area contributed by atoms with Crippen LogP contribution in [-0.2, 0) is 28.9 Å². The number of aromatic nitrogens is 2. The van der Waals surface area contributed by atoms with Crippen LogP contribution in [0, 0.1) is 6.92 Å². The molecular formula is C21H24N4O5S. The number of benzene rings is 2. The summed E-state index contributed by atoms with van der Waals surface area (Å²) in [6, 6.07) is 11.5. The molecule has 0 saturated carbocycles. The van der Waals surface area contributed by atoms with Gasteiger partial charge in [0.05, 0.1) is 22.5 Å². The number of aryl methyl sites for hydroxylation is 3. The molecule has 0 radical (unpaired) electrons. The van der Waals surface area contributed by atoms with E-state index in [0.29, 0.717) is 16.7 Å². The van der Waals surface area contributed by atoms with Crippen molar-refractivity contribution in [3.05, 3.63) is 68.7 Å². The Labute approximate surface area is 179 Å². The van der Waals surface area contributed by atoms with Crippen LogP contribution in [0.15, 0.2) is 56.9 Å². The van der Waals surface area contributed by atoms with E-state index in [0.717, 1.165) is 14.4 Å². The molecule has 164 valence electrons. The van der Waals surface area contributed by atoms with Gasteiger partial charge in [-0.1, -0.05) is 12.1 Å². The summed E-state index contributed by atoms with van der Waals surface area (Å²) in [5.74, 6) is -0.396. The lowest BCUT2D eigenvalue weighted by atomic mass is 10.2. The maximum Gasteiger partial charge on any atom is 0.316 e. The molecule has 3 aromatic rings. The van der Waals surface area contributed by atoms with Crippen molar-refractivity contribution in [2.24, 2.45) is 14.1 Å². The highest BCUT2D eigenvalue weighted by molar-refractivity contribution is 7.89. The van der Waals surface area contributed by atoms with Crippen LogP contribution in [0.4, 0.5) is 5.69 Å². The van der Waals surface area contributed by atoms with E-state index >= 15 is 0 Å². The number of hydrogen-bond acceptors (Lipinski definition) is 5. The van der Waals surface area contributed by atoms with E-state index in [-0.39, 0.29) is 11.4 Å². The van der Waals surface area contributed by atoms with E-state index in [9.17, 15) is 22.8 Å². The molecule has 1 amide bonds. The maximum atomic E-state index is 13.1. The topological polar surface area (TPSA) is 102 Å². The number of anilines is 1. The summed E-state index contributed by atoms with van der Waals surface area (Å²) in [4.78, 5) is 38.1. The van der Waals surface area contributed by atoms with Crippen LogP contribution in [-0.4, -0.2) is 48.4 Å². The quantitative estimate of drug-likeness (QED) is 0.543. The lowest BCUT2D eigenvalue weighted by Crippen LogP contribution is -2.40. The minimum atomic E-state index is -4.02. The second-order valence-electron chi connectivity index (χ2n) is 7.43. The Morgan fingerprint density at radius 2 is 1.55 bits per heavy atom. The minimum Gasteiger partial charge on any atom is -0.314 e. The molecule has 0 N–H and O–H groups in total. The van der Waals surface area contributed by atoms with Crippen LogP contribution in [0.2, 0.25) is 0 Å². The van der Waals surface area contributed by atoms with Crippen LogP contribution in [0.25, 0.3) is 11.0 Å². The Bertz CT molecular complexity index is 1410. The fourth-order valence-electron chi connectivity index (χ4n) is 3.26. The first-order valence-corrected chi connectivity index (χ1v) is 10.9. The molecule has 9 nitrogen and oxygen atoms in total. The van der Waals surface area contributed by atoms with Crippen molar-refractivity contribution in [1.82, 2.24) is 13.4 Å². The number of carbonyl (C=O) groups excluding carboxylic acids is 1. The number of carbonyl (C=O) groups is 1. The third-order valence-corrected chi connectivity index (χ3v) is 7.09. The number of likely N-dealkylation sites (N-methyl/N-ethyl adjacent to an activating group) is 2. The van der Waals surface area contributed by atoms with E-state index in [1.54, 1.807) is 13.1 Å². The van der Waals surface area contributed by atoms with Crippen molar-refractivity contribution in [1.29, 1.82) is 0 Å². The largest absolute Gasteiger partial charge is 0.316 e. The first-order valence-electron chi connectivity index (χ1n) is 9.44. The lowest BCUT2D eigenvalue weighted by Gasteiger charge is -2.22. The predicted molar refractivity (Wildman–Crippen MR) is 119 cm³/mol. The van der Waals surface area contributed by atoms with Gasteiger partial charge in [0, 0.05) is 33.9 Å². The van der Waals surface area contributed by atoms with Crippen LogP contribution in [0.3, 0.4) is 0 Å². The Morgan fingerprint density at radius 3 is 2.16 bits per heavy atom. The zero-order chi connectivity index (χ0) is 23.1. The number of nitrogens with zero attached hydrogens (tertiary/aromatic N) is 4. The average molecular weight is 445 g/mol. The Hall–Kier alpha value is -3.24. The highest BCUT2D eigenvalue weighted by Crippen LogP contribution is 2.20. The smallest absolute Gasteiger partial charge is 0.314 e. The molecule has 1 aromatic heterocycles. The van der Waals surface area contributed by atoms with E-state index in [1.165, 1.54) is 48.8 Å². The Balaban J connectivity index is 1.93. The Morgan fingerprint density at radius 1 is 0.935 bits per heavy atom. The standard InChI is InChI=1S/C21H24N4O5S/c1-14-7-6-8-15(11-14)23(3)19(26)13-22(2)31(29,30)16-9-10-17-18(12-16)25(5)21(28)20(27)24(17)4/h6-12H,13H2,1-5H3. The molecule has 0 fully saturated rings. The van der Waals surface area contributed by atoms with Gasteiger partial charge in [0.25, 0.3) is 0 Å². The van der Waals surface area contributed by atoms with Gasteiger partial charge < -0.3 is 14.0 Å². The van der Waals surface area contributed by atoms with Gasteiger partial charge in [-0.2, -0.15) is 4.31 Å². The van der Waals surface area contributed by atoms with Gasteiger partial charge in [0.1, 0.15) is 0 Å². The van der Waals surface area contributed by atoms with Crippen molar-refractivity contribution >= 4 is 32.7 Å². The molecule has 0 aliphatic carbocycles. The molecule has 0 bridgehead atoms. The molecular weight excluding hydrogens is 420 g/mol. The molecule has 0 saturated heterocycles. The fraction of sp³-hybridized carbons (Fsp3) is 0.286. The summed E-state index contributed by atoms with van der Waals surface area (Å²) in [6.07, 6.45) is 0. The first kappa shape index (κ1) is 22.4. The molecule has 3 rings (SSSR count). The third kappa shape index (κ3) is 4.04. The second-order valence-corrected chi connectivity index (χ2v) is 9.48.